The molecule has 3 aliphatic heterocycles. The molecule has 5 atom stereocenters. The van der Waals surface area contributed by atoms with Crippen LogP contribution in [0.3, 0.4) is 0 Å². The van der Waals surface area contributed by atoms with Gasteiger partial charge >= 0.3 is 0 Å². The molecule has 2 aromatic rings. The maximum atomic E-state index is 13.6. The van der Waals surface area contributed by atoms with Crippen molar-refractivity contribution in [2.45, 2.75) is 96.3 Å². The predicted octanol–water partition coefficient (Wildman–Crippen LogP) is 6.67. The van der Waals surface area contributed by atoms with Crippen molar-refractivity contribution in [2.75, 3.05) is 45.3 Å². The van der Waals surface area contributed by atoms with E-state index in [2.05, 4.69) is 35.5 Å². The number of anilines is 1. The second-order valence-electron chi connectivity index (χ2n) is 15.4. The zero-order chi connectivity index (χ0) is 34.9. The number of rotatable bonds is 2. The summed E-state index contributed by atoms with van der Waals surface area (Å²) >= 11 is 6.38. The number of fused-ring (bicyclic) bond motifs is 3. The molecule has 3 heterocycles. The molecule has 1 aliphatic carbocycles. The number of hydrogen-bond acceptors (Lipinski definition) is 8. The average Bonchev–Trinajstić information content (AvgIpc) is 3.08. The van der Waals surface area contributed by atoms with E-state index in [4.69, 9.17) is 25.8 Å². The minimum atomic E-state index is -3.92. The fraction of sp³-hybridized carbons (Fsp3) is 0.658. The summed E-state index contributed by atoms with van der Waals surface area (Å²) in [5, 5.41) is -0.0139. The van der Waals surface area contributed by atoms with E-state index < -0.39 is 21.2 Å². The Morgan fingerprint density at radius 1 is 0.980 bits per heavy atom. The average molecular weight is 716 g/mol. The summed E-state index contributed by atoms with van der Waals surface area (Å²) in [6, 6.07) is 11.5. The number of hydrogen-bond donors (Lipinski definition) is 1. The van der Waals surface area contributed by atoms with Crippen molar-refractivity contribution < 1.29 is 27.4 Å². The van der Waals surface area contributed by atoms with Crippen LogP contribution in [0.15, 0.2) is 36.4 Å². The molecule has 0 aromatic heterocycles. The molecule has 0 radical (unpaired) electrons. The van der Waals surface area contributed by atoms with Gasteiger partial charge in [0, 0.05) is 29.1 Å². The Labute approximate surface area is 298 Å². The van der Waals surface area contributed by atoms with Gasteiger partial charge in [-0.3, -0.25) is 4.79 Å². The number of nitrogens with one attached hydrogen (secondary N) is 1. The highest BCUT2D eigenvalue weighted by atomic mass is 35.5. The Bertz CT molecular complexity index is 1600. The maximum absolute atomic E-state index is 13.6. The molecule has 1 saturated heterocycles. The summed E-state index contributed by atoms with van der Waals surface area (Å²) in [6.45, 7) is 9.23. The van der Waals surface area contributed by atoms with Gasteiger partial charge < -0.3 is 24.0 Å². The van der Waals surface area contributed by atoms with E-state index in [1.807, 2.05) is 37.3 Å². The van der Waals surface area contributed by atoms with Crippen molar-refractivity contribution in [1.29, 1.82) is 0 Å². The molecule has 4 aliphatic rings. The molecular formula is C38H54ClN3O6S. The van der Waals surface area contributed by atoms with E-state index >= 15 is 0 Å². The van der Waals surface area contributed by atoms with Crippen LogP contribution in [0.25, 0.3) is 0 Å². The number of nitrogens with zero attached hydrogens (tertiary/aromatic N) is 2. The van der Waals surface area contributed by atoms with E-state index in [-0.39, 0.29) is 23.7 Å². The highest BCUT2D eigenvalue weighted by Crippen LogP contribution is 2.53. The molecule has 6 rings (SSSR count). The van der Waals surface area contributed by atoms with Crippen LogP contribution in [-0.2, 0) is 32.5 Å². The minimum Gasteiger partial charge on any atom is -0.487 e. The number of benzene rings is 2. The normalized spacial score (nSPS) is 32.8. The van der Waals surface area contributed by atoms with Crippen LogP contribution in [0.2, 0.25) is 5.02 Å². The molecule has 0 unspecified atom stereocenters. The first-order chi connectivity index (χ1) is 23.4. The second-order valence-corrected chi connectivity index (χ2v) is 17.9. The first-order valence-corrected chi connectivity index (χ1v) is 20.0. The summed E-state index contributed by atoms with van der Waals surface area (Å²) < 4.78 is 49.0. The monoisotopic (exact) mass is 715 g/mol. The van der Waals surface area contributed by atoms with E-state index in [0.29, 0.717) is 43.0 Å². The zero-order valence-corrected chi connectivity index (χ0v) is 31.3. The number of aryl methyl sites for hydroxylation is 1. The lowest BCUT2D eigenvalue weighted by atomic mass is 9.57. The summed E-state index contributed by atoms with van der Waals surface area (Å²) in [5.41, 5.74) is 3.18. The maximum Gasteiger partial charge on any atom is 0.264 e. The highest BCUT2D eigenvalue weighted by molar-refractivity contribution is 7.90. The predicted molar refractivity (Wildman–Crippen MR) is 194 cm³/mol. The lowest BCUT2D eigenvalue weighted by molar-refractivity contribution is -0.272. The number of amides is 1. The molecule has 9 nitrogen and oxygen atoms in total. The molecule has 11 heteroatoms. The number of carbonyl (C=O) groups is 1. The molecular weight excluding hydrogens is 662 g/mol. The van der Waals surface area contributed by atoms with Gasteiger partial charge in [0.2, 0.25) is 10.0 Å². The first kappa shape index (κ1) is 36.4. The van der Waals surface area contributed by atoms with Crippen LogP contribution < -0.4 is 14.4 Å². The summed E-state index contributed by atoms with van der Waals surface area (Å²) in [5.74, 6) is 0.704. The molecule has 49 heavy (non-hydrogen) atoms. The summed E-state index contributed by atoms with van der Waals surface area (Å²) in [6.07, 6.45) is 7.16. The Morgan fingerprint density at radius 2 is 1.76 bits per heavy atom. The van der Waals surface area contributed by atoms with E-state index in [1.54, 1.807) is 13.0 Å². The minimum absolute atomic E-state index is 0.139. The molecule has 2 aromatic carbocycles. The van der Waals surface area contributed by atoms with E-state index in [1.165, 1.54) is 5.56 Å². The van der Waals surface area contributed by atoms with Gasteiger partial charge in [0.1, 0.15) is 12.4 Å². The van der Waals surface area contributed by atoms with Crippen LogP contribution in [0.5, 0.6) is 5.75 Å². The summed E-state index contributed by atoms with van der Waals surface area (Å²) in [7, 11) is 0.200. The van der Waals surface area contributed by atoms with Crippen molar-refractivity contribution in [3.05, 3.63) is 58.1 Å². The van der Waals surface area contributed by atoms with Crippen LogP contribution in [0.1, 0.15) is 87.2 Å². The Balaban J connectivity index is 1.37. The summed E-state index contributed by atoms with van der Waals surface area (Å²) in [4.78, 5) is 18.1. The molecule has 0 spiro atoms. The van der Waals surface area contributed by atoms with Gasteiger partial charge in [-0.1, -0.05) is 37.9 Å². The van der Waals surface area contributed by atoms with Gasteiger partial charge in [0.15, 0.2) is 6.29 Å². The van der Waals surface area contributed by atoms with Gasteiger partial charge in [-0.15, -0.1) is 0 Å². The van der Waals surface area contributed by atoms with Crippen LogP contribution in [0.4, 0.5) is 5.69 Å². The first-order valence-electron chi connectivity index (χ1n) is 18.1. The number of sulfonamides is 1. The Morgan fingerprint density at radius 3 is 2.47 bits per heavy atom. The standard InChI is InChI=1S/C38H54ClN3O6S/c1-25-9-8-17-38(3,37-47-23-32(24-48-37)41(4)5)33-15-12-29(33)21-42-18-7-6-10-27-19-31(39)14-11-30(27)22-46-35-16-13-28(20-34(35)42)36(43)40-49(44,45)26(25)2/h11,13-14,16,19-20,25-26,29,32-33,37H,6-10,12,15,17-18,21-24H2,1-5H3,(H,40,43)/t25-,26+,29-,32-,33+,37+,38-/m0/s1. The fourth-order valence-electron chi connectivity index (χ4n) is 8.30. The topological polar surface area (TPSA) is 97.4 Å². The number of carbonyl (C=O) groups excluding carboxylic acids is 1. The van der Waals surface area contributed by atoms with Gasteiger partial charge in [-0.25, -0.2) is 13.1 Å². The quantitative estimate of drug-likeness (QED) is 0.369. The largest absolute Gasteiger partial charge is 0.487 e. The molecule has 1 saturated carbocycles. The van der Waals surface area contributed by atoms with Gasteiger partial charge in [-0.2, -0.15) is 0 Å². The molecule has 1 N–H and O–H groups in total. The van der Waals surface area contributed by atoms with Crippen molar-refractivity contribution >= 4 is 33.2 Å². The van der Waals surface area contributed by atoms with Crippen molar-refractivity contribution in [2.24, 2.45) is 23.2 Å². The van der Waals surface area contributed by atoms with Crippen molar-refractivity contribution in [3.8, 4) is 5.75 Å². The zero-order valence-electron chi connectivity index (χ0n) is 29.8. The van der Waals surface area contributed by atoms with Crippen molar-refractivity contribution in [1.82, 2.24) is 9.62 Å². The third kappa shape index (κ3) is 7.93. The third-order valence-corrected chi connectivity index (χ3v) is 14.2. The van der Waals surface area contributed by atoms with Gasteiger partial charge in [-0.05, 0) is 125 Å². The highest BCUT2D eigenvalue weighted by Gasteiger charge is 2.51. The third-order valence-electron chi connectivity index (χ3n) is 12.0. The fourth-order valence-corrected chi connectivity index (χ4v) is 9.80. The van der Waals surface area contributed by atoms with Crippen LogP contribution in [0, 0.1) is 23.2 Å². The smallest absolute Gasteiger partial charge is 0.264 e. The van der Waals surface area contributed by atoms with E-state index in [0.717, 1.165) is 80.7 Å². The van der Waals surface area contributed by atoms with Crippen LogP contribution >= 0.6 is 11.6 Å². The van der Waals surface area contributed by atoms with Crippen molar-refractivity contribution in [3.63, 3.8) is 0 Å². The molecule has 1 amide bonds. The SMILES string of the molecule is C[C@@H]1[C@@H](C)CCC[C@](C)([C@H]2OC[C@@H](N(C)C)CO2)[C@@H]2CC[C@H]2CN2CCCCc3cc(Cl)ccc3COc3ccc(cc32)C(=O)NS1(=O)=O. The number of halogens is 1. The molecule has 2 bridgehead atoms. The Kier molecular flexibility index (Phi) is 11.2. The number of likely N-dealkylation sites (N-methyl/N-ethyl adjacent to an activating group) is 1. The molecule has 270 valence electrons. The Hall–Kier alpha value is -2.37. The second kappa shape index (κ2) is 15.1. The van der Waals surface area contributed by atoms with Gasteiger partial charge in [0.05, 0.1) is 30.2 Å². The van der Waals surface area contributed by atoms with Crippen LogP contribution in [-0.4, -0.2) is 77.2 Å². The lowest BCUT2D eigenvalue weighted by Gasteiger charge is -2.54. The van der Waals surface area contributed by atoms with Gasteiger partial charge in [0.25, 0.3) is 5.91 Å². The number of ether oxygens (including phenoxy) is 3. The molecule has 2 fully saturated rings. The van der Waals surface area contributed by atoms with E-state index in [9.17, 15) is 13.2 Å². The lowest BCUT2D eigenvalue weighted by Crippen LogP contribution is -2.55.